The molecule has 0 saturated carbocycles. The molecule has 2 aromatic heterocycles. The first-order chi connectivity index (χ1) is 14.2. The first-order valence-electron chi connectivity index (χ1n) is 9.04. The molecule has 0 aliphatic rings. The number of thiophene rings is 1. The van der Waals surface area contributed by atoms with E-state index in [9.17, 15) is 4.79 Å². The van der Waals surface area contributed by atoms with Crippen LogP contribution in [0.4, 0.5) is 5.69 Å². The second kappa shape index (κ2) is 8.24. The Morgan fingerprint density at radius 1 is 0.931 bits per heavy atom. The average Bonchev–Trinajstić information content (AvgIpc) is 3.43. The van der Waals surface area contributed by atoms with E-state index >= 15 is 0 Å². The number of benzene rings is 2. The quantitative estimate of drug-likeness (QED) is 0.463. The monoisotopic (exact) mass is 404 g/mol. The van der Waals surface area contributed by atoms with Crippen LogP contribution < -0.4 is 14.8 Å². The lowest BCUT2D eigenvalue weighted by Crippen LogP contribution is -2.13. The number of hydrogen-bond acceptors (Lipinski definition) is 4. The second-order valence-electron chi connectivity index (χ2n) is 6.33. The van der Waals surface area contributed by atoms with Crippen LogP contribution in [0, 0.1) is 0 Å². The lowest BCUT2D eigenvalue weighted by Gasteiger charge is -2.11. The third kappa shape index (κ3) is 3.88. The highest BCUT2D eigenvalue weighted by atomic mass is 32.1. The van der Waals surface area contributed by atoms with E-state index in [4.69, 9.17) is 9.47 Å². The molecular formula is C23H20N2O3S. The Kier molecular flexibility index (Phi) is 5.35. The molecule has 4 aromatic rings. The largest absolute Gasteiger partial charge is 0.497 e. The Morgan fingerprint density at radius 2 is 1.66 bits per heavy atom. The van der Waals surface area contributed by atoms with Gasteiger partial charge in [-0.2, -0.15) is 0 Å². The zero-order chi connectivity index (χ0) is 20.2. The van der Waals surface area contributed by atoms with Crippen molar-refractivity contribution in [2.75, 3.05) is 19.5 Å². The van der Waals surface area contributed by atoms with Gasteiger partial charge in [0.05, 0.1) is 19.9 Å². The molecule has 6 heteroatoms. The SMILES string of the molecule is COc1ccc(-c2csc(C(=O)Nc3cccc(OC)c3)c2-n2cccc2)cc1. The fourth-order valence-electron chi connectivity index (χ4n) is 3.12. The molecular weight excluding hydrogens is 384 g/mol. The second-order valence-corrected chi connectivity index (χ2v) is 7.21. The minimum Gasteiger partial charge on any atom is -0.497 e. The fourth-order valence-corrected chi connectivity index (χ4v) is 4.09. The highest BCUT2D eigenvalue weighted by Crippen LogP contribution is 2.36. The van der Waals surface area contributed by atoms with Crippen molar-refractivity contribution in [3.05, 3.63) is 83.3 Å². The molecule has 4 rings (SSSR count). The van der Waals surface area contributed by atoms with Crippen LogP contribution in [-0.2, 0) is 0 Å². The highest BCUT2D eigenvalue weighted by Gasteiger charge is 2.20. The summed E-state index contributed by atoms with van der Waals surface area (Å²) in [5, 5.41) is 4.99. The van der Waals surface area contributed by atoms with Crippen LogP contribution in [0.2, 0.25) is 0 Å². The maximum Gasteiger partial charge on any atom is 0.267 e. The summed E-state index contributed by atoms with van der Waals surface area (Å²) in [4.78, 5) is 13.7. The van der Waals surface area contributed by atoms with Gasteiger partial charge in [0.1, 0.15) is 16.4 Å². The number of carbonyl (C=O) groups is 1. The molecule has 1 N–H and O–H groups in total. The summed E-state index contributed by atoms with van der Waals surface area (Å²) in [6, 6.07) is 19.0. The topological polar surface area (TPSA) is 52.5 Å². The van der Waals surface area contributed by atoms with Gasteiger partial charge < -0.3 is 19.4 Å². The third-order valence-corrected chi connectivity index (χ3v) is 5.53. The van der Waals surface area contributed by atoms with Crippen molar-refractivity contribution < 1.29 is 14.3 Å². The average molecular weight is 404 g/mol. The third-order valence-electron chi connectivity index (χ3n) is 4.56. The summed E-state index contributed by atoms with van der Waals surface area (Å²) in [5.41, 5.74) is 3.55. The smallest absolute Gasteiger partial charge is 0.267 e. The van der Waals surface area contributed by atoms with E-state index in [0.29, 0.717) is 16.3 Å². The predicted octanol–water partition coefficient (Wildman–Crippen LogP) is 5.48. The summed E-state index contributed by atoms with van der Waals surface area (Å²) in [6.45, 7) is 0. The maximum atomic E-state index is 13.1. The first-order valence-corrected chi connectivity index (χ1v) is 9.92. The molecule has 1 amide bonds. The minimum atomic E-state index is -0.160. The van der Waals surface area contributed by atoms with Crippen molar-refractivity contribution >= 4 is 22.9 Å². The Balaban J connectivity index is 1.73. The lowest BCUT2D eigenvalue weighted by atomic mass is 10.1. The number of amides is 1. The van der Waals surface area contributed by atoms with Crippen molar-refractivity contribution in [3.63, 3.8) is 0 Å². The number of hydrogen-bond donors (Lipinski definition) is 1. The van der Waals surface area contributed by atoms with Crippen molar-refractivity contribution in [2.45, 2.75) is 0 Å². The molecule has 0 spiro atoms. The van der Waals surface area contributed by atoms with Crippen LogP contribution in [0.5, 0.6) is 11.5 Å². The van der Waals surface area contributed by atoms with Crippen LogP contribution in [-0.4, -0.2) is 24.7 Å². The Hall–Kier alpha value is -3.51. The molecule has 0 fully saturated rings. The van der Waals surface area contributed by atoms with E-state index in [1.807, 2.05) is 76.9 Å². The Bertz CT molecular complexity index is 1120. The minimum absolute atomic E-state index is 0.160. The molecule has 0 atom stereocenters. The number of methoxy groups -OCH3 is 2. The number of nitrogens with one attached hydrogen (secondary N) is 1. The van der Waals surface area contributed by atoms with Gasteiger partial charge in [-0.25, -0.2) is 0 Å². The molecule has 29 heavy (non-hydrogen) atoms. The maximum absolute atomic E-state index is 13.1. The van der Waals surface area contributed by atoms with Crippen LogP contribution >= 0.6 is 11.3 Å². The summed E-state index contributed by atoms with van der Waals surface area (Å²) in [7, 11) is 3.25. The van der Waals surface area contributed by atoms with Gasteiger partial charge >= 0.3 is 0 Å². The lowest BCUT2D eigenvalue weighted by molar-refractivity contribution is 0.103. The number of nitrogens with zero attached hydrogens (tertiary/aromatic N) is 1. The van der Waals surface area contributed by atoms with Gasteiger partial charge in [-0.05, 0) is 42.0 Å². The number of rotatable bonds is 6. The number of anilines is 1. The number of ether oxygens (including phenoxy) is 2. The fraction of sp³-hybridized carbons (Fsp3) is 0.0870. The van der Waals surface area contributed by atoms with Crippen LogP contribution in [0.15, 0.2) is 78.4 Å². The summed E-state index contributed by atoms with van der Waals surface area (Å²) in [6.07, 6.45) is 3.88. The van der Waals surface area contributed by atoms with E-state index in [1.165, 1.54) is 11.3 Å². The van der Waals surface area contributed by atoms with Crippen molar-refractivity contribution in [1.82, 2.24) is 4.57 Å². The van der Waals surface area contributed by atoms with Crippen LogP contribution in [0.25, 0.3) is 16.8 Å². The standard InChI is InChI=1S/C23H20N2O3S/c1-27-18-10-8-16(9-11-18)20-15-29-22(21(20)25-12-3-4-13-25)23(26)24-17-6-5-7-19(14-17)28-2/h3-15H,1-2H3,(H,24,26). The Morgan fingerprint density at radius 3 is 2.34 bits per heavy atom. The molecule has 2 heterocycles. The van der Waals surface area contributed by atoms with Gasteiger partial charge in [0.2, 0.25) is 0 Å². The molecule has 0 saturated heterocycles. The van der Waals surface area contributed by atoms with Gasteiger partial charge in [-0.15, -0.1) is 11.3 Å². The summed E-state index contributed by atoms with van der Waals surface area (Å²) >= 11 is 1.42. The summed E-state index contributed by atoms with van der Waals surface area (Å²) in [5.74, 6) is 1.33. The van der Waals surface area contributed by atoms with E-state index in [0.717, 1.165) is 22.6 Å². The highest BCUT2D eigenvalue weighted by molar-refractivity contribution is 7.13. The van der Waals surface area contributed by atoms with Gasteiger partial charge in [-0.1, -0.05) is 18.2 Å². The summed E-state index contributed by atoms with van der Waals surface area (Å²) < 4.78 is 12.5. The van der Waals surface area contributed by atoms with Crippen molar-refractivity contribution in [3.8, 4) is 28.3 Å². The van der Waals surface area contributed by atoms with Crippen molar-refractivity contribution in [1.29, 1.82) is 0 Å². The van der Waals surface area contributed by atoms with Gasteiger partial charge in [-0.3, -0.25) is 4.79 Å². The predicted molar refractivity (Wildman–Crippen MR) is 117 cm³/mol. The molecule has 0 unspecified atom stereocenters. The van der Waals surface area contributed by atoms with Crippen LogP contribution in [0.3, 0.4) is 0 Å². The molecule has 0 bridgehead atoms. The number of carbonyl (C=O) groups excluding carboxylic acids is 1. The number of aromatic nitrogens is 1. The zero-order valence-electron chi connectivity index (χ0n) is 16.1. The normalized spacial score (nSPS) is 10.6. The zero-order valence-corrected chi connectivity index (χ0v) is 16.9. The molecule has 146 valence electrons. The first kappa shape index (κ1) is 18.8. The molecule has 0 aliphatic heterocycles. The molecule has 5 nitrogen and oxygen atoms in total. The molecule has 0 radical (unpaired) electrons. The van der Waals surface area contributed by atoms with Gasteiger partial charge in [0, 0.05) is 35.1 Å². The van der Waals surface area contributed by atoms with E-state index < -0.39 is 0 Å². The van der Waals surface area contributed by atoms with Gasteiger partial charge in [0.15, 0.2) is 0 Å². The van der Waals surface area contributed by atoms with Gasteiger partial charge in [0.25, 0.3) is 5.91 Å². The van der Waals surface area contributed by atoms with E-state index in [-0.39, 0.29) is 5.91 Å². The van der Waals surface area contributed by atoms with Crippen molar-refractivity contribution in [2.24, 2.45) is 0 Å². The Labute approximate surface area is 173 Å². The van der Waals surface area contributed by atoms with E-state index in [1.54, 1.807) is 20.3 Å². The van der Waals surface area contributed by atoms with E-state index in [2.05, 4.69) is 5.32 Å². The molecule has 0 aliphatic carbocycles. The van der Waals surface area contributed by atoms with Crippen LogP contribution in [0.1, 0.15) is 9.67 Å². The molecule has 2 aromatic carbocycles.